The predicted molar refractivity (Wildman–Crippen MR) is 103 cm³/mol. The topological polar surface area (TPSA) is 20.9 Å². The molecule has 1 heterocycles. The molecular formula is C21H16Cl2NO+. The van der Waals surface area contributed by atoms with Gasteiger partial charge in [0, 0.05) is 22.7 Å². The van der Waals surface area contributed by atoms with Crippen LogP contribution >= 0.6 is 23.2 Å². The van der Waals surface area contributed by atoms with Gasteiger partial charge in [-0.2, -0.15) is 4.57 Å². The summed E-state index contributed by atoms with van der Waals surface area (Å²) in [7, 11) is 0. The first kappa shape index (κ1) is 17.4. The first-order valence-electron chi connectivity index (χ1n) is 7.82. The molecular weight excluding hydrogens is 353 g/mol. The number of hydrogen-bond acceptors (Lipinski definition) is 1. The van der Waals surface area contributed by atoms with Gasteiger partial charge in [0.25, 0.3) is 0 Å². The number of ketones is 1. The van der Waals surface area contributed by atoms with Crippen LogP contribution in [0.3, 0.4) is 0 Å². The number of hydrogen-bond donors (Lipinski definition) is 0. The van der Waals surface area contributed by atoms with Gasteiger partial charge in [0.2, 0.25) is 12.3 Å². The maximum Gasteiger partial charge on any atom is 0.229 e. The highest BCUT2D eigenvalue weighted by atomic mass is 35.5. The highest BCUT2D eigenvalue weighted by Crippen LogP contribution is 2.21. The predicted octanol–water partition coefficient (Wildman–Crippen LogP) is 5.33. The van der Waals surface area contributed by atoms with E-state index in [1.54, 1.807) is 18.2 Å². The van der Waals surface area contributed by atoms with Crippen LogP contribution in [0.4, 0.5) is 0 Å². The Kier molecular flexibility index (Phi) is 5.64. The van der Waals surface area contributed by atoms with Crippen LogP contribution in [-0.2, 0) is 6.54 Å². The zero-order valence-electron chi connectivity index (χ0n) is 13.4. The van der Waals surface area contributed by atoms with E-state index >= 15 is 0 Å². The third-order valence-electron chi connectivity index (χ3n) is 3.74. The number of aromatic nitrogens is 1. The zero-order chi connectivity index (χ0) is 17.6. The summed E-state index contributed by atoms with van der Waals surface area (Å²) < 4.78 is 1.83. The smallest absolute Gasteiger partial charge is 0.229 e. The Bertz CT molecular complexity index is 903. The number of pyridine rings is 1. The lowest BCUT2D eigenvalue weighted by Crippen LogP contribution is -2.37. The molecule has 3 aromatic rings. The van der Waals surface area contributed by atoms with Crippen LogP contribution in [-0.4, -0.2) is 5.78 Å². The number of rotatable bonds is 5. The van der Waals surface area contributed by atoms with Gasteiger partial charge in [-0.25, -0.2) is 0 Å². The van der Waals surface area contributed by atoms with E-state index in [0.717, 1.165) is 11.1 Å². The molecule has 1 aromatic heterocycles. The van der Waals surface area contributed by atoms with Crippen LogP contribution in [0, 0.1) is 0 Å². The van der Waals surface area contributed by atoms with Gasteiger partial charge in [0.05, 0.1) is 5.02 Å². The largest absolute Gasteiger partial charge is 0.287 e. The zero-order valence-corrected chi connectivity index (χ0v) is 14.9. The van der Waals surface area contributed by atoms with Crippen LogP contribution in [0.1, 0.15) is 21.5 Å². The first-order chi connectivity index (χ1) is 12.1. The van der Waals surface area contributed by atoms with Gasteiger partial charge in [-0.15, -0.1) is 0 Å². The van der Waals surface area contributed by atoms with E-state index < -0.39 is 0 Å². The molecule has 0 spiro atoms. The van der Waals surface area contributed by atoms with Crippen molar-refractivity contribution in [1.29, 1.82) is 0 Å². The molecule has 0 aliphatic heterocycles. The molecule has 4 heteroatoms. The van der Waals surface area contributed by atoms with Crippen molar-refractivity contribution in [2.45, 2.75) is 6.54 Å². The fourth-order valence-corrected chi connectivity index (χ4v) is 2.92. The fourth-order valence-electron chi connectivity index (χ4n) is 2.41. The summed E-state index contributed by atoms with van der Waals surface area (Å²) in [5.74, 6) is -0.0563. The molecule has 0 unspecified atom stereocenters. The van der Waals surface area contributed by atoms with E-state index in [4.69, 9.17) is 23.2 Å². The molecule has 25 heavy (non-hydrogen) atoms. The Morgan fingerprint density at radius 1 is 0.880 bits per heavy atom. The van der Waals surface area contributed by atoms with Crippen molar-refractivity contribution in [1.82, 2.24) is 0 Å². The van der Waals surface area contributed by atoms with Crippen LogP contribution in [0.5, 0.6) is 0 Å². The molecule has 0 saturated carbocycles. The number of carbonyl (C=O) groups excluding carboxylic acids is 1. The minimum Gasteiger partial charge on any atom is -0.287 e. The van der Waals surface area contributed by atoms with Crippen molar-refractivity contribution < 1.29 is 9.36 Å². The second-order valence-electron chi connectivity index (χ2n) is 5.60. The first-order valence-corrected chi connectivity index (χ1v) is 8.58. The van der Waals surface area contributed by atoms with Crippen molar-refractivity contribution in [3.8, 4) is 0 Å². The summed E-state index contributed by atoms with van der Waals surface area (Å²) in [6, 6.07) is 18.9. The van der Waals surface area contributed by atoms with Crippen LogP contribution in [0.2, 0.25) is 10.0 Å². The van der Waals surface area contributed by atoms with E-state index in [1.807, 2.05) is 65.5 Å². The van der Waals surface area contributed by atoms with Gasteiger partial charge in [0.1, 0.15) is 0 Å². The lowest BCUT2D eigenvalue weighted by molar-refractivity contribution is -0.683. The fraction of sp³-hybridized carbons (Fsp3) is 0.0476. The molecule has 0 saturated heterocycles. The number of Topliss-reactive ketones (excluding diaryl/α,β-unsaturated/α-hetero) is 1. The van der Waals surface area contributed by atoms with Gasteiger partial charge >= 0.3 is 0 Å². The average molecular weight is 369 g/mol. The molecule has 0 radical (unpaired) electrons. The molecule has 0 N–H and O–H groups in total. The van der Waals surface area contributed by atoms with Crippen molar-refractivity contribution in [2.75, 3.05) is 0 Å². The summed E-state index contributed by atoms with van der Waals surface area (Å²) in [6.45, 7) is 0.226. The molecule has 0 aliphatic carbocycles. The summed E-state index contributed by atoms with van der Waals surface area (Å²) >= 11 is 12.0. The van der Waals surface area contributed by atoms with E-state index in [-0.39, 0.29) is 12.3 Å². The van der Waals surface area contributed by atoms with E-state index in [1.165, 1.54) is 0 Å². The van der Waals surface area contributed by atoms with Crippen LogP contribution in [0.25, 0.3) is 12.2 Å². The SMILES string of the molecule is O=C(C[n+]1ccc(C=Cc2ccccc2)cc1)c1ccc(Cl)cc1Cl. The number of nitrogens with zero attached hydrogens (tertiary/aromatic N) is 1. The Labute approximate surface area is 157 Å². The third-order valence-corrected chi connectivity index (χ3v) is 4.29. The highest BCUT2D eigenvalue weighted by Gasteiger charge is 2.15. The second-order valence-corrected chi connectivity index (χ2v) is 6.44. The number of halogens is 2. The van der Waals surface area contributed by atoms with Gasteiger partial charge in [-0.1, -0.05) is 65.7 Å². The quantitative estimate of drug-likeness (QED) is 0.440. The molecule has 2 aromatic carbocycles. The van der Waals surface area contributed by atoms with Gasteiger partial charge < -0.3 is 0 Å². The standard InChI is InChI=1S/C21H16Cl2NO/c22-18-8-9-19(20(23)14-18)21(25)15-24-12-10-17(11-13-24)7-6-16-4-2-1-3-5-16/h1-14H,15H2/q+1. The molecule has 0 bridgehead atoms. The van der Waals surface area contributed by atoms with E-state index in [2.05, 4.69) is 6.08 Å². The minimum atomic E-state index is -0.0563. The summed E-state index contributed by atoms with van der Waals surface area (Å²) in [5, 5.41) is 0.893. The van der Waals surface area contributed by atoms with Gasteiger partial charge in [-0.05, 0) is 29.3 Å². The van der Waals surface area contributed by atoms with Gasteiger partial charge in [0.15, 0.2) is 12.4 Å². The second kappa shape index (κ2) is 8.11. The van der Waals surface area contributed by atoms with Gasteiger partial charge in [-0.3, -0.25) is 4.79 Å². The van der Waals surface area contributed by atoms with Crippen molar-refractivity contribution in [3.63, 3.8) is 0 Å². The molecule has 3 rings (SSSR count). The molecule has 124 valence electrons. The van der Waals surface area contributed by atoms with Crippen molar-refractivity contribution in [3.05, 3.63) is 99.8 Å². The monoisotopic (exact) mass is 368 g/mol. The van der Waals surface area contributed by atoms with E-state index in [0.29, 0.717) is 15.6 Å². The number of benzene rings is 2. The third kappa shape index (κ3) is 4.79. The van der Waals surface area contributed by atoms with Crippen LogP contribution in [0.15, 0.2) is 73.1 Å². The lowest BCUT2D eigenvalue weighted by Gasteiger charge is -2.02. The van der Waals surface area contributed by atoms with Crippen molar-refractivity contribution >= 4 is 41.1 Å². The summed E-state index contributed by atoms with van der Waals surface area (Å²) in [5.41, 5.74) is 2.69. The molecule has 0 fully saturated rings. The Balaban J connectivity index is 1.68. The molecule has 2 nitrogen and oxygen atoms in total. The van der Waals surface area contributed by atoms with Crippen LogP contribution < -0.4 is 4.57 Å². The average Bonchev–Trinajstić information content (AvgIpc) is 2.62. The Hall–Kier alpha value is -2.42. The Morgan fingerprint density at radius 2 is 1.52 bits per heavy atom. The Morgan fingerprint density at radius 3 is 2.16 bits per heavy atom. The maximum absolute atomic E-state index is 12.4. The van der Waals surface area contributed by atoms with E-state index in [9.17, 15) is 4.79 Å². The van der Waals surface area contributed by atoms with Crippen molar-refractivity contribution in [2.24, 2.45) is 0 Å². The normalized spacial score (nSPS) is 11.0. The summed E-state index contributed by atoms with van der Waals surface area (Å²) in [6.07, 6.45) is 7.86. The lowest BCUT2D eigenvalue weighted by atomic mass is 10.1. The molecule has 0 atom stereocenters. The maximum atomic E-state index is 12.4. The molecule has 0 aliphatic rings. The minimum absolute atomic E-state index is 0.0563. The molecule has 0 amide bonds. The number of carbonyl (C=O) groups is 1. The highest BCUT2D eigenvalue weighted by molar-refractivity contribution is 6.36. The summed E-state index contributed by atoms with van der Waals surface area (Å²) in [4.78, 5) is 12.4.